The fourth-order valence-corrected chi connectivity index (χ4v) is 4.37. The number of hydrogen-bond donors (Lipinski definition) is 3. The molecule has 0 saturated heterocycles. The Morgan fingerprint density at radius 2 is 1.29 bits per heavy atom. The van der Waals surface area contributed by atoms with E-state index in [1.807, 2.05) is 24.3 Å². The van der Waals surface area contributed by atoms with Crippen molar-refractivity contribution in [2.75, 3.05) is 31.8 Å². The van der Waals surface area contributed by atoms with E-state index in [0.717, 1.165) is 30.6 Å². The summed E-state index contributed by atoms with van der Waals surface area (Å²) < 4.78 is 15.9. The summed E-state index contributed by atoms with van der Waals surface area (Å²) >= 11 is 0. The minimum Gasteiger partial charge on any atom is -0.494 e. The maximum absolute atomic E-state index is 13.4. The Morgan fingerprint density at radius 1 is 0.762 bits per heavy atom. The third kappa shape index (κ3) is 9.69. The first-order valence-corrected chi connectivity index (χ1v) is 13.8. The van der Waals surface area contributed by atoms with Crippen LogP contribution in [0.2, 0.25) is 0 Å². The molecule has 9 heteroatoms. The third-order valence-electron chi connectivity index (χ3n) is 6.81. The molecule has 0 fully saturated rings. The first kappa shape index (κ1) is 31.7. The molecule has 0 aliphatic carbocycles. The first-order valence-electron chi connectivity index (χ1n) is 13.8. The average Bonchev–Trinajstić information content (AvgIpc) is 2.99. The molecular weight excluding hydrogens is 536 g/mol. The smallest absolute Gasteiger partial charge is 0.330 e. The lowest BCUT2D eigenvalue weighted by atomic mass is 9.76. The number of unbranched alkanes of at least 4 members (excludes halogenated alkanes) is 3. The van der Waals surface area contributed by atoms with Crippen molar-refractivity contribution in [3.8, 4) is 5.75 Å². The van der Waals surface area contributed by atoms with Gasteiger partial charge >= 0.3 is 17.9 Å². The van der Waals surface area contributed by atoms with Crippen molar-refractivity contribution < 1.29 is 33.7 Å². The molecule has 0 bridgehead atoms. The van der Waals surface area contributed by atoms with E-state index in [0.29, 0.717) is 35.5 Å². The number of hydrogen-bond acceptors (Lipinski definition) is 8. The van der Waals surface area contributed by atoms with Crippen LogP contribution in [0.25, 0.3) is 6.08 Å². The van der Waals surface area contributed by atoms with Crippen LogP contribution in [0.5, 0.6) is 5.75 Å². The fourth-order valence-electron chi connectivity index (χ4n) is 4.37. The molecule has 0 spiro atoms. The van der Waals surface area contributed by atoms with E-state index in [2.05, 4.69) is 4.74 Å². The van der Waals surface area contributed by atoms with E-state index in [4.69, 9.17) is 20.9 Å². The second-order valence-corrected chi connectivity index (χ2v) is 10.0. The highest BCUT2D eigenvalue weighted by Gasteiger charge is 2.48. The molecule has 0 aliphatic rings. The topological polar surface area (TPSA) is 151 Å². The van der Waals surface area contributed by atoms with Crippen LogP contribution in [-0.4, -0.2) is 43.3 Å². The molecule has 222 valence electrons. The summed E-state index contributed by atoms with van der Waals surface area (Å²) in [6.45, 7) is 0.654. The van der Waals surface area contributed by atoms with Crippen molar-refractivity contribution in [2.24, 2.45) is 5.41 Å². The number of ether oxygens (including phenoxy) is 3. The SMILES string of the molecule is COC(=O)C=Cc1ccc(OCCCCCCOC(=O)C(Cc2ccc(N)cc2)(Cc2ccc(N)cc2)C(=O)O)cc1. The van der Waals surface area contributed by atoms with Gasteiger partial charge in [-0.25, -0.2) is 4.79 Å². The minimum atomic E-state index is -1.80. The van der Waals surface area contributed by atoms with Gasteiger partial charge in [-0.3, -0.25) is 9.59 Å². The zero-order valence-corrected chi connectivity index (χ0v) is 23.8. The van der Waals surface area contributed by atoms with E-state index >= 15 is 0 Å². The van der Waals surface area contributed by atoms with Crippen LogP contribution < -0.4 is 16.2 Å². The van der Waals surface area contributed by atoms with E-state index in [-0.39, 0.29) is 19.4 Å². The summed E-state index contributed by atoms with van der Waals surface area (Å²) in [5.41, 5.74) is 13.1. The highest BCUT2D eigenvalue weighted by Crippen LogP contribution is 2.31. The lowest BCUT2D eigenvalue weighted by Gasteiger charge is -2.28. The van der Waals surface area contributed by atoms with Crippen LogP contribution in [0.4, 0.5) is 11.4 Å². The van der Waals surface area contributed by atoms with Crippen LogP contribution in [0, 0.1) is 5.41 Å². The number of rotatable bonds is 16. The van der Waals surface area contributed by atoms with Gasteiger partial charge in [0.25, 0.3) is 0 Å². The molecule has 9 nitrogen and oxygen atoms in total. The van der Waals surface area contributed by atoms with E-state index < -0.39 is 23.3 Å². The summed E-state index contributed by atoms with van der Waals surface area (Å²) in [6.07, 6.45) is 6.02. The molecule has 0 saturated carbocycles. The van der Waals surface area contributed by atoms with Crippen LogP contribution in [0.3, 0.4) is 0 Å². The van der Waals surface area contributed by atoms with Crippen LogP contribution in [0.1, 0.15) is 42.4 Å². The van der Waals surface area contributed by atoms with Crippen molar-refractivity contribution in [3.05, 3.63) is 95.6 Å². The van der Waals surface area contributed by atoms with Crippen LogP contribution in [0.15, 0.2) is 78.9 Å². The van der Waals surface area contributed by atoms with Gasteiger partial charge in [-0.2, -0.15) is 0 Å². The molecule has 0 atom stereocenters. The quantitative estimate of drug-likeness (QED) is 0.0699. The van der Waals surface area contributed by atoms with Crippen molar-refractivity contribution in [1.82, 2.24) is 0 Å². The second-order valence-electron chi connectivity index (χ2n) is 10.0. The minimum absolute atomic E-state index is 0.0360. The summed E-state index contributed by atoms with van der Waals surface area (Å²) in [6, 6.07) is 21.0. The van der Waals surface area contributed by atoms with Gasteiger partial charge in [0, 0.05) is 17.5 Å². The number of carboxylic acid groups (broad SMARTS) is 1. The highest BCUT2D eigenvalue weighted by atomic mass is 16.5. The maximum atomic E-state index is 13.4. The van der Waals surface area contributed by atoms with Gasteiger partial charge in [-0.1, -0.05) is 36.4 Å². The second kappa shape index (κ2) is 15.9. The number of nitrogens with two attached hydrogens (primary N) is 2. The van der Waals surface area contributed by atoms with E-state index in [1.165, 1.54) is 13.2 Å². The number of aliphatic carboxylic acids is 1. The van der Waals surface area contributed by atoms with Gasteiger partial charge in [0.2, 0.25) is 0 Å². The molecule has 0 heterocycles. The molecule has 0 unspecified atom stereocenters. The average molecular weight is 575 g/mol. The molecule has 0 aliphatic heterocycles. The fraction of sp³-hybridized carbons (Fsp3) is 0.303. The Balaban J connectivity index is 1.48. The zero-order chi connectivity index (χ0) is 30.4. The lowest BCUT2D eigenvalue weighted by Crippen LogP contribution is -2.44. The normalized spacial score (nSPS) is 11.3. The van der Waals surface area contributed by atoms with Gasteiger partial charge in [-0.05, 0) is 97.7 Å². The number of carbonyl (C=O) groups is 3. The van der Waals surface area contributed by atoms with Crippen molar-refractivity contribution in [2.45, 2.75) is 38.5 Å². The predicted molar refractivity (Wildman–Crippen MR) is 162 cm³/mol. The monoisotopic (exact) mass is 574 g/mol. The lowest BCUT2D eigenvalue weighted by molar-refractivity contribution is -0.169. The van der Waals surface area contributed by atoms with E-state index in [9.17, 15) is 19.5 Å². The van der Waals surface area contributed by atoms with Crippen molar-refractivity contribution in [1.29, 1.82) is 0 Å². The summed E-state index contributed by atoms with van der Waals surface area (Å²) in [7, 11) is 1.33. The number of carbonyl (C=O) groups excluding carboxylic acids is 2. The Labute approximate surface area is 246 Å². The molecule has 3 aromatic carbocycles. The molecule has 0 amide bonds. The maximum Gasteiger partial charge on any atom is 0.330 e. The van der Waals surface area contributed by atoms with E-state index in [1.54, 1.807) is 54.6 Å². The van der Waals surface area contributed by atoms with Crippen molar-refractivity contribution >= 4 is 35.4 Å². The Hall–Kier alpha value is -4.79. The number of benzene rings is 3. The number of methoxy groups -OCH3 is 1. The standard InChI is InChI=1S/C33H38N2O7/c1-40-30(36)19-12-24-10-17-29(18-11-24)41-20-4-2-3-5-21-42-32(39)33(31(37)38,22-25-6-13-27(34)14-7-25)23-26-8-15-28(35)16-9-26/h6-19H,2-5,20-23,34-35H2,1H3,(H,37,38). The van der Waals surface area contributed by atoms with Crippen molar-refractivity contribution in [3.63, 3.8) is 0 Å². The van der Waals surface area contributed by atoms with Gasteiger partial charge in [0.1, 0.15) is 5.75 Å². The highest BCUT2D eigenvalue weighted by molar-refractivity contribution is 6.00. The zero-order valence-electron chi connectivity index (χ0n) is 23.8. The van der Waals surface area contributed by atoms with Gasteiger partial charge in [-0.15, -0.1) is 0 Å². The molecule has 3 aromatic rings. The van der Waals surface area contributed by atoms with Gasteiger partial charge in [0.05, 0.1) is 20.3 Å². The Morgan fingerprint density at radius 3 is 1.79 bits per heavy atom. The molecular formula is C33H38N2O7. The molecule has 0 radical (unpaired) electrons. The summed E-state index contributed by atoms with van der Waals surface area (Å²) in [4.78, 5) is 37.2. The third-order valence-corrected chi connectivity index (χ3v) is 6.81. The molecule has 0 aromatic heterocycles. The number of anilines is 2. The predicted octanol–water partition coefficient (Wildman–Crippen LogP) is 5.08. The molecule has 3 rings (SSSR count). The largest absolute Gasteiger partial charge is 0.494 e. The molecule has 5 N–H and O–H groups in total. The Bertz CT molecular complexity index is 1290. The first-order chi connectivity index (χ1) is 20.2. The summed E-state index contributed by atoms with van der Waals surface area (Å²) in [5.74, 6) is -1.70. The molecule has 42 heavy (non-hydrogen) atoms. The van der Waals surface area contributed by atoms with Crippen LogP contribution >= 0.6 is 0 Å². The van der Waals surface area contributed by atoms with Gasteiger partial charge in [0.15, 0.2) is 5.41 Å². The van der Waals surface area contributed by atoms with Crippen LogP contribution in [-0.2, 0) is 36.7 Å². The van der Waals surface area contributed by atoms with Gasteiger partial charge < -0.3 is 30.8 Å². The summed E-state index contributed by atoms with van der Waals surface area (Å²) in [5, 5.41) is 10.3. The number of carboxylic acids is 1. The number of nitrogen functional groups attached to an aromatic ring is 2. The Kier molecular flexibility index (Phi) is 12.0. The number of esters is 2.